The summed E-state index contributed by atoms with van der Waals surface area (Å²) in [7, 11) is 0. The predicted molar refractivity (Wildman–Crippen MR) is 94.5 cm³/mol. The average molecular weight is 355 g/mol. The molecule has 0 radical (unpaired) electrons. The van der Waals surface area contributed by atoms with Gasteiger partial charge in [0.15, 0.2) is 0 Å². The zero-order valence-electron chi connectivity index (χ0n) is 14.1. The molecule has 1 unspecified atom stereocenters. The smallest absolute Gasteiger partial charge is 0.256 e. The lowest BCUT2D eigenvalue weighted by Gasteiger charge is -2.25. The average Bonchev–Trinajstić information content (AvgIpc) is 2.95. The number of amidine groups is 1. The number of hydrogen-bond donors (Lipinski definition) is 4. The van der Waals surface area contributed by atoms with E-state index in [0.717, 1.165) is 11.8 Å². The van der Waals surface area contributed by atoms with Crippen LogP contribution >= 0.6 is 0 Å². The summed E-state index contributed by atoms with van der Waals surface area (Å²) in [6, 6.07) is 2.92. The minimum absolute atomic E-state index is 0.122. The van der Waals surface area contributed by atoms with Gasteiger partial charge in [0.2, 0.25) is 0 Å². The van der Waals surface area contributed by atoms with Crippen LogP contribution in [0.1, 0.15) is 18.1 Å². The monoisotopic (exact) mass is 355 g/mol. The number of hydrogen-bond acceptors (Lipinski definition) is 6. The molecule has 3 aliphatic heterocycles. The second-order valence-corrected chi connectivity index (χ2v) is 6.70. The fraction of sp³-hybridized carbons (Fsp3) is 0.278. The minimum Gasteiger partial charge on any atom is -0.485 e. The highest BCUT2D eigenvalue weighted by Gasteiger charge is 2.37. The molecule has 1 aromatic rings. The number of halogens is 1. The van der Waals surface area contributed by atoms with Gasteiger partial charge in [-0.2, -0.15) is 0 Å². The van der Waals surface area contributed by atoms with Crippen LogP contribution in [0.3, 0.4) is 0 Å². The zero-order valence-corrected chi connectivity index (χ0v) is 14.1. The highest BCUT2D eigenvalue weighted by molar-refractivity contribution is 6.12. The van der Waals surface area contributed by atoms with Gasteiger partial charge in [-0.05, 0) is 25.1 Å². The van der Waals surface area contributed by atoms with Crippen molar-refractivity contribution in [2.24, 2.45) is 4.99 Å². The van der Waals surface area contributed by atoms with E-state index in [4.69, 9.17) is 10.1 Å². The van der Waals surface area contributed by atoms with Crippen molar-refractivity contribution in [1.29, 1.82) is 5.41 Å². The molecule has 3 heterocycles. The summed E-state index contributed by atoms with van der Waals surface area (Å²) >= 11 is 0. The van der Waals surface area contributed by atoms with E-state index in [0.29, 0.717) is 30.1 Å². The molecule has 0 saturated heterocycles. The number of nitrogens with zero attached hydrogens (tertiary/aromatic N) is 1. The standard InChI is InChI=1S/C18H18FN5O2/c1-18-6-10-4-12(19)5-11(15(10)26-18)8-22-14-2-3-21-16(24-14)13(7-20)17(25)23-9-18/h2-5,7,20-21H,6,8-9H2,1H3,(H,22,24)(H,23,25)/b16-13-,20-7?. The van der Waals surface area contributed by atoms with Crippen molar-refractivity contribution in [3.8, 4) is 5.75 Å². The molecule has 0 saturated carbocycles. The van der Waals surface area contributed by atoms with Crippen molar-refractivity contribution in [1.82, 2.24) is 16.0 Å². The molecule has 0 aliphatic carbocycles. The quantitative estimate of drug-likeness (QED) is 0.567. The number of fused-ring (bicyclic) bond motifs is 2. The highest BCUT2D eigenvalue weighted by Crippen LogP contribution is 2.38. The molecule has 1 aromatic carbocycles. The van der Waals surface area contributed by atoms with E-state index in [-0.39, 0.29) is 23.8 Å². The first-order valence-corrected chi connectivity index (χ1v) is 8.26. The first-order chi connectivity index (χ1) is 12.5. The van der Waals surface area contributed by atoms with Gasteiger partial charge in [0.1, 0.15) is 28.8 Å². The first kappa shape index (κ1) is 16.3. The van der Waals surface area contributed by atoms with Gasteiger partial charge < -0.3 is 26.1 Å². The number of benzene rings is 1. The molecule has 4 rings (SSSR count). The molecule has 3 aliphatic rings. The normalized spacial score (nSPS) is 26.8. The van der Waals surface area contributed by atoms with Crippen LogP contribution < -0.4 is 20.7 Å². The molecule has 7 nitrogen and oxygen atoms in total. The Morgan fingerprint density at radius 2 is 2.15 bits per heavy atom. The van der Waals surface area contributed by atoms with E-state index in [1.807, 2.05) is 6.92 Å². The van der Waals surface area contributed by atoms with E-state index in [2.05, 4.69) is 20.9 Å². The van der Waals surface area contributed by atoms with Gasteiger partial charge in [-0.15, -0.1) is 0 Å². The molecule has 1 atom stereocenters. The van der Waals surface area contributed by atoms with Gasteiger partial charge in [-0.3, -0.25) is 4.79 Å². The van der Waals surface area contributed by atoms with Crippen LogP contribution in [-0.2, 0) is 17.8 Å². The van der Waals surface area contributed by atoms with Gasteiger partial charge in [0.25, 0.3) is 5.91 Å². The summed E-state index contributed by atoms with van der Waals surface area (Å²) in [6.07, 6.45) is 4.79. The molecular weight excluding hydrogens is 337 g/mol. The number of rotatable bonds is 1. The van der Waals surface area contributed by atoms with E-state index in [1.54, 1.807) is 12.3 Å². The zero-order chi connectivity index (χ0) is 18.3. The summed E-state index contributed by atoms with van der Waals surface area (Å²) in [6.45, 7) is 2.43. The topological polar surface area (TPSA) is 98.6 Å². The number of carbonyl (C=O) groups excluding carboxylic acids is 1. The maximum Gasteiger partial charge on any atom is 0.256 e. The third kappa shape index (κ3) is 2.83. The Morgan fingerprint density at radius 1 is 1.35 bits per heavy atom. The van der Waals surface area contributed by atoms with Crippen LogP contribution in [-0.4, -0.2) is 30.1 Å². The summed E-state index contributed by atoms with van der Waals surface area (Å²) in [5.41, 5.74) is 0.914. The van der Waals surface area contributed by atoms with Crippen molar-refractivity contribution in [3.05, 3.63) is 52.7 Å². The molecule has 4 bridgehead atoms. The van der Waals surface area contributed by atoms with Crippen LogP contribution in [0.15, 0.2) is 40.8 Å². The summed E-state index contributed by atoms with van der Waals surface area (Å²) in [5.74, 6) is 0.686. The van der Waals surface area contributed by atoms with Crippen molar-refractivity contribution in [2.75, 3.05) is 6.54 Å². The van der Waals surface area contributed by atoms with E-state index < -0.39 is 11.5 Å². The molecule has 1 amide bonds. The van der Waals surface area contributed by atoms with Gasteiger partial charge in [0.05, 0.1) is 12.1 Å². The van der Waals surface area contributed by atoms with Crippen LogP contribution in [0.25, 0.3) is 0 Å². The van der Waals surface area contributed by atoms with Crippen LogP contribution in [0.2, 0.25) is 0 Å². The third-order valence-electron chi connectivity index (χ3n) is 4.54. The summed E-state index contributed by atoms with van der Waals surface area (Å²) in [4.78, 5) is 16.9. The molecular formula is C18H18FN5O2. The van der Waals surface area contributed by atoms with Crippen molar-refractivity contribution in [2.45, 2.75) is 25.5 Å². The lowest BCUT2D eigenvalue weighted by Crippen LogP contribution is -2.45. The Hall–Kier alpha value is -3.16. The SMILES string of the molecule is CC12CNC(=O)/C(C=N)=C3\N=C(C=CN3)NCc3cc(F)cc(c3O1)C2. The Morgan fingerprint density at radius 3 is 2.96 bits per heavy atom. The number of ether oxygens (including phenoxy) is 1. The van der Waals surface area contributed by atoms with Gasteiger partial charge in [-0.25, -0.2) is 9.38 Å². The van der Waals surface area contributed by atoms with E-state index in [9.17, 15) is 9.18 Å². The maximum atomic E-state index is 14.0. The van der Waals surface area contributed by atoms with Crippen molar-refractivity contribution in [3.63, 3.8) is 0 Å². The fourth-order valence-electron chi connectivity index (χ4n) is 3.31. The number of nitrogens with one attached hydrogen (secondary N) is 4. The second kappa shape index (κ2) is 5.98. The Kier molecular flexibility index (Phi) is 3.75. The van der Waals surface area contributed by atoms with Gasteiger partial charge in [0, 0.05) is 36.5 Å². The van der Waals surface area contributed by atoms with E-state index >= 15 is 0 Å². The third-order valence-corrected chi connectivity index (χ3v) is 4.54. The Balaban J connectivity index is 1.78. The lowest BCUT2D eigenvalue weighted by molar-refractivity contribution is -0.117. The molecule has 26 heavy (non-hydrogen) atoms. The molecule has 8 heteroatoms. The van der Waals surface area contributed by atoms with E-state index in [1.165, 1.54) is 12.1 Å². The van der Waals surface area contributed by atoms with Crippen LogP contribution in [0.5, 0.6) is 5.75 Å². The predicted octanol–water partition coefficient (Wildman–Crippen LogP) is 1.12. The van der Waals surface area contributed by atoms with Crippen molar-refractivity contribution >= 4 is 18.0 Å². The molecule has 4 N–H and O–H groups in total. The highest BCUT2D eigenvalue weighted by atomic mass is 19.1. The number of amides is 1. The number of aliphatic imine (C=N–C) groups is 1. The fourth-order valence-corrected chi connectivity index (χ4v) is 3.31. The largest absolute Gasteiger partial charge is 0.485 e. The van der Waals surface area contributed by atoms with Gasteiger partial charge >= 0.3 is 0 Å². The second-order valence-electron chi connectivity index (χ2n) is 6.70. The summed E-state index contributed by atoms with van der Waals surface area (Å²) < 4.78 is 20.1. The first-order valence-electron chi connectivity index (χ1n) is 8.26. The number of carbonyl (C=O) groups is 1. The summed E-state index contributed by atoms with van der Waals surface area (Å²) in [5, 5.41) is 16.4. The van der Waals surface area contributed by atoms with Gasteiger partial charge in [-0.1, -0.05) is 0 Å². The molecule has 0 fully saturated rings. The lowest BCUT2D eigenvalue weighted by atomic mass is 9.98. The van der Waals surface area contributed by atoms with Crippen LogP contribution in [0, 0.1) is 11.2 Å². The maximum absolute atomic E-state index is 14.0. The van der Waals surface area contributed by atoms with Crippen molar-refractivity contribution < 1.29 is 13.9 Å². The molecule has 0 spiro atoms. The Labute approximate surface area is 149 Å². The van der Waals surface area contributed by atoms with Crippen LogP contribution in [0.4, 0.5) is 4.39 Å². The molecule has 0 aromatic heterocycles. The molecule has 134 valence electrons. The Bertz CT molecular complexity index is 905. The minimum atomic E-state index is -0.683.